The maximum atomic E-state index is 12.5. The second-order valence-electron chi connectivity index (χ2n) is 7.00. The Labute approximate surface area is 139 Å². The molecule has 2 rings (SSSR count). The third-order valence-electron chi connectivity index (χ3n) is 4.80. The van der Waals surface area contributed by atoms with Crippen molar-refractivity contribution in [1.82, 2.24) is 5.43 Å². The van der Waals surface area contributed by atoms with E-state index in [-0.39, 0.29) is 17.5 Å². The predicted molar refractivity (Wildman–Crippen MR) is 93.6 cm³/mol. The van der Waals surface area contributed by atoms with Gasteiger partial charge in [-0.25, -0.2) is 5.84 Å². The third-order valence-corrected chi connectivity index (χ3v) is 4.80. The molecule has 5 heteroatoms. The summed E-state index contributed by atoms with van der Waals surface area (Å²) in [6.07, 6.45) is 2.63. The number of benzene rings is 1. The van der Waals surface area contributed by atoms with Gasteiger partial charge in [0.2, 0.25) is 0 Å². The minimum Gasteiger partial charge on any atom is -0.495 e. The van der Waals surface area contributed by atoms with E-state index in [1.54, 1.807) is 7.11 Å². The lowest BCUT2D eigenvalue weighted by atomic mass is 9.78. The van der Waals surface area contributed by atoms with Gasteiger partial charge in [0.15, 0.2) is 0 Å². The average molecular weight is 319 g/mol. The molecule has 0 aromatic heterocycles. The molecule has 0 bridgehead atoms. The Morgan fingerprint density at radius 3 is 2.78 bits per heavy atom. The molecule has 0 radical (unpaired) electrons. The number of hydrogen-bond acceptors (Lipinski definition) is 4. The van der Waals surface area contributed by atoms with Crippen molar-refractivity contribution in [2.24, 2.45) is 5.84 Å². The zero-order valence-electron chi connectivity index (χ0n) is 14.8. The van der Waals surface area contributed by atoms with Crippen molar-refractivity contribution < 1.29 is 9.53 Å². The van der Waals surface area contributed by atoms with Gasteiger partial charge in [0, 0.05) is 5.54 Å². The Bertz CT molecular complexity index is 571. The first-order valence-electron chi connectivity index (χ1n) is 8.34. The number of anilines is 1. The van der Waals surface area contributed by atoms with Crippen molar-refractivity contribution in [3.63, 3.8) is 0 Å². The topological polar surface area (TPSA) is 67.6 Å². The molecule has 1 heterocycles. The van der Waals surface area contributed by atoms with Gasteiger partial charge >= 0.3 is 0 Å². The van der Waals surface area contributed by atoms with E-state index in [4.69, 9.17) is 10.6 Å². The van der Waals surface area contributed by atoms with E-state index < -0.39 is 0 Å². The molecular formula is C18H29N3O2. The fourth-order valence-electron chi connectivity index (χ4n) is 3.94. The molecule has 3 N–H and O–H groups in total. The first-order chi connectivity index (χ1) is 10.9. The number of fused-ring (bicyclic) bond motifs is 1. The van der Waals surface area contributed by atoms with Crippen LogP contribution in [-0.2, 0) is 4.79 Å². The summed E-state index contributed by atoms with van der Waals surface area (Å²) >= 11 is 0. The number of carbonyl (C=O) groups is 1. The number of nitrogens with two attached hydrogens (primary N) is 1. The largest absolute Gasteiger partial charge is 0.495 e. The van der Waals surface area contributed by atoms with Crippen molar-refractivity contribution in [2.45, 2.75) is 64.5 Å². The molecule has 1 aromatic carbocycles. The summed E-state index contributed by atoms with van der Waals surface area (Å²) in [7, 11) is 1.68. The van der Waals surface area contributed by atoms with Crippen molar-refractivity contribution in [1.29, 1.82) is 0 Å². The maximum Gasteiger partial charge on any atom is 0.256 e. The average Bonchev–Trinajstić information content (AvgIpc) is 2.52. The van der Waals surface area contributed by atoms with E-state index in [0.29, 0.717) is 5.92 Å². The fraction of sp³-hybridized carbons (Fsp3) is 0.611. The van der Waals surface area contributed by atoms with E-state index in [9.17, 15) is 4.79 Å². The summed E-state index contributed by atoms with van der Waals surface area (Å²) in [5, 5.41) is 0. The van der Waals surface area contributed by atoms with Gasteiger partial charge in [-0.1, -0.05) is 32.4 Å². The molecule has 0 spiro atoms. The van der Waals surface area contributed by atoms with Crippen LogP contribution in [0.25, 0.3) is 0 Å². The minimum absolute atomic E-state index is 0.147. The highest BCUT2D eigenvalue weighted by Gasteiger charge is 2.43. The van der Waals surface area contributed by atoms with Gasteiger partial charge in [-0.2, -0.15) is 0 Å². The van der Waals surface area contributed by atoms with Gasteiger partial charge in [-0.3, -0.25) is 10.2 Å². The molecule has 1 aromatic rings. The molecule has 128 valence electrons. The molecule has 1 aliphatic heterocycles. The lowest BCUT2D eigenvalue weighted by Gasteiger charge is -2.51. The summed E-state index contributed by atoms with van der Waals surface area (Å²) in [4.78, 5) is 14.7. The quantitative estimate of drug-likeness (QED) is 0.497. The van der Waals surface area contributed by atoms with Crippen LogP contribution in [0.3, 0.4) is 0 Å². The number of para-hydroxylation sites is 1. The second kappa shape index (κ2) is 6.79. The highest BCUT2D eigenvalue weighted by atomic mass is 16.5. The van der Waals surface area contributed by atoms with Gasteiger partial charge in [0.25, 0.3) is 5.91 Å². The third kappa shape index (κ3) is 3.15. The van der Waals surface area contributed by atoms with Gasteiger partial charge in [0.1, 0.15) is 11.8 Å². The van der Waals surface area contributed by atoms with Crippen LogP contribution in [0.4, 0.5) is 5.69 Å². The first kappa shape index (κ1) is 17.6. The molecule has 1 amide bonds. The van der Waals surface area contributed by atoms with Crippen molar-refractivity contribution in [2.75, 3.05) is 12.0 Å². The number of rotatable bonds is 5. The van der Waals surface area contributed by atoms with Crippen LogP contribution in [0, 0.1) is 0 Å². The number of hydrazine groups is 1. The number of amides is 1. The first-order valence-corrected chi connectivity index (χ1v) is 8.34. The fourth-order valence-corrected chi connectivity index (χ4v) is 3.94. The second-order valence-corrected chi connectivity index (χ2v) is 7.00. The van der Waals surface area contributed by atoms with E-state index in [1.807, 2.05) is 12.1 Å². The Balaban J connectivity index is 2.64. The molecule has 23 heavy (non-hydrogen) atoms. The molecule has 2 unspecified atom stereocenters. The molecule has 0 aliphatic carbocycles. The zero-order valence-corrected chi connectivity index (χ0v) is 14.8. The number of carbonyl (C=O) groups excluding carboxylic acids is 1. The van der Waals surface area contributed by atoms with Crippen molar-refractivity contribution >= 4 is 11.6 Å². The summed E-state index contributed by atoms with van der Waals surface area (Å²) in [5.74, 6) is 6.54. The highest BCUT2D eigenvalue weighted by Crippen LogP contribution is 2.49. The molecule has 0 saturated carbocycles. The van der Waals surface area contributed by atoms with Gasteiger partial charge < -0.3 is 9.64 Å². The molecular weight excluding hydrogens is 290 g/mol. The highest BCUT2D eigenvalue weighted by molar-refractivity contribution is 5.87. The standard InChI is InChI=1S/C18H29N3O2/c1-6-8-14(17(22)20-19)21-16-13(9-7-10-15(16)23-5)12(2)11-18(21,3)4/h7,9-10,12,14H,6,8,11,19H2,1-5H3,(H,20,22). The van der Waals surface area contributed by atoms with E-state index in [2.05, 4.69) is 44.1 Å². The Hall–Kier alpha value is -1.75. The van der Waals surface area contributed by atoms with Crippen LogP contribution >= 0.6 is 0 Å². The Morgan fingerprint density at radius 2 is 2.22 bits per heavy atom. The van der Waals surface area contributed by atoms with Crippen LogP contribution < -0.4 is 20.9 Å². The van der Waals surface area contributed by atoms with E-state index in [1.165, 1.54) is 5.56 Å². The lowest BCUT2D eigenvalue weighted by Crippen LogP contribution is -2.59. The number of methoxy groups -OCH3 is 1. The van der Waals surface area contributed by atoms with E-state index in [0.717, 1.165) is 30.7 Å². The van der Waals surface area contributed by atoms with Crippen molar-refractivity contribution in [3.05, 3.63) is 23.8 Å². The molecule has 0 saturated heterocycles. The lowest BCUT2D eigenvalue weighted by molar-refractivity contribution is -0.123. The molecule has 1 aliphatic rings. The van der Waals surface area contributed by atoms with Crippen molar-refractivity contribution in [3.8, 4) is 5.75 Å². The Kier molecular flexibility index (Phi) is 5.19. The van der Waals surface area contributed by atoms with E-state index >= 15 is 0 Å². The van der Waals surface area contributed by atoms with Crippen LogP contribution in [0.15, 0.2) is 18.2 Å². The monoisotopic (exact) mass is 319 g/mol. The predicted octanol–water partition coefficient (Wildman–Crippen LogP) is 2.95. The number of hydrogen-bond donors (Lipinski definition) is 2. The normalized spacial score (nSPS) is 20.6. The maximum absolute atomic E-state index is 12.5. The van der Waals surface area contributed by atoms with Crippen LogP contribution in [-0.4, -0.2) is 24.6 Å². The number of nitrogens with one attached hydrogen (secondary N) is 1. The zero-order chi connectivity index (χ0) is 17.2. The SMILES string of the molecule is CCCC(C(=O)NN)N1c2c(OC)cccc2C(C)CC1(C)C. The van der Waals surface area contributed by atoms with Crippen LogP contribution in [0.1, 0.15) is 58.4 Å². The van der Waals surface area contributed by atoms with Crippen LogP contribution in [0.5, 0.6) is 5.75 Å². The summed E-state index contributed by atoms with van der Waals surface area (Å²) in [5.41, 5.74) is 4.44. The minimum atomic E-state index is -0.303. The molecule has 0 fully saturated rings. The Morgan fingerprint density at radius 1 is 1.52 bits per heavy atom. The summed E-state index contributed by atoms with van der Waals surface area (Å²) in [6.45, 7) is 8.69. The summed E-state index contributed by atoms with van der Waals surface area (Å²) < 4.78 is 5.62. The van der Waals surface area contributed by atoms with Gasteiger partial charge in [0.05, 0.1) is 12.8 Å². The molecule has 2 atom stereocenters. The molecule has 5 nitrogen and oxygen atoms in total. The summed E-state index contributed by atoms with van der Waals surface area (Å²) in [6, 6.07) is 5.81. The van der Waals surface area contributed by atoms with Gasteiger partial charge in [-0.05, 0) is 44.2 Å². The number of ether oxygens (including phenoxy) is 1. The number of nitrogens with zero attached hydrogens (tertiary/aromatic N) is 1. The van der Waals surface area contributed by atoms with Crippen LogP contribution in [0.2, 0.25) is 0 Å². The smallest absolute Gasteiger partial charge is 0.256 e. The van der Waals surface area contributed by atoms with Gasteiger partial charge in [-0.15, -0.1) is 0 Å².